The second-order valence-corrected chi connectivity index (χ2v) is 17.5. The molecule has 0 N–H and O–H groups in total. The monoisotopic (exact) mass is 815 g/mol. The van der Waals surface area contributed by atoms with Gasteiger partial charge in [-0.3, -0.25) is 0 Å². The number of fused-ring (bicyclic) bond motifs is 3. The Morgan fingerprint density at radius 2 is 1.66 bits per heavy atom. The predicted octanol–water partition coefficient (Wildman–Crippen LogP) is 10.6. The number of aromatic nitrogens is 2. The maximum atomic E-state index is 8.88. The van der Waals surface area contributed by atoms with Gasteiger partial charge in [0.25, 0.3) is 0 Å². The summed E-state index contributed by atoms with van der Waals surface area (Å²) in [4.78, 5) is 9.04. The van der Waals surface area contributed by atoms with Gasteiger partial charge in [0.2, 0.25) is 0 Å². The molecule has 0 saturated carbocycles. The van der Waals surface area contributed by atoms with Crippen LogP contribution in [0.1, 0.15) is 50.2 Å². The molecule has 0 aliphatic heterocycles. The first-order valence-electron chi connectivity index (χ1n) is 18.3. The van der Waals surface area contributed by atoms with Crippen molar-refractivity contribution >= 4 is 35.2 Å². The summed E-state index contributed by atoms with van der Waals surface area (Å²) in [5.41, 5.74) is 6.85. The van der Waals surface area contributed by atoms with Crippen LogP contribution in [-0.4, -0.2) is 18.0 Å². The van der Waals surface area contributed by atoms with Crippen LogP contribution < -0.4 is 5.19 Å². The Balaban J connectivity index is 0.000000205. The van der Waals surface area contributed by atoms with Crippen molar-refractivity contribution in [1.29, 1.82) is 0 Å². The summed E-state index contributed by atoms with van der Waals surface area (Å²) in [5.74, 6) is -0.667. The Morgan fingerprint density at radius 1 is 0.872 bits per heavy atom. The minimum Gasteiger partial charge on any atom is -0.501 e. The van der Waals surface area contributed by atoms with E-state index in [4.69, 9.17) is 12.6 Å². The molecule has 0 unspecified atom stereocenters. The van der Waals surface area contributed by atoms with Gasteiger partial charge >= 0.3 is 0 Å². The molecule has 0 saturated heterocycles. The summed E-state index contributed by atoms with van der Waals surface area (Å²) in [6, 6.07) is 37.6. The van der Waals surface area contributed by atoms with Crippen molar-refractivity contribution in [1.82, 2.24) is 9.97 Å². The predicted molar refractivity (Wildman–Crippen MR) is 195 cm³/mol. The molecule has 4 aromatic carbocycles. The van der Waals surface area contributed by atoms with Crippen molar-refractivity contribution < 1.29 is 32.7 Å². The number of hydrogen-bond acceptors (Lipinski definition) is 3. The largest absolute Gasteiger partial charge is 0.501 e. The third kappa shape index (κ3) is 7.88. The van der Waals surface area contributed by atoms with Crippen LogP contribution in [0.5, 0.6) is 0 Å². The zero-order valence-corrected chi connectivity index (χ0v) is 30.5. The van der Waals surface area contributed by atoms with Gasteiger partial charge in [0.15, 0.2) is 0 Å². The van der Waals surface area contributed by atoms with E-state index in [1.54, 1.807) is 42.7 Å². The van der Waals surface area contributed by atoms with Crippen LogP contribution in [0.4, 0.5) is 0 Å². The number of nitrogens with zero attached hydrogens (tertiary/aromatic N) is 2. The zero-order valence-electron chi connectivity index (χ0n) is 33.1. The van der Waals surface area contributed by atoms with Gasteiger partial charge in [-0.05, 0) is 46.5 Å². The van der Waals surface area contributed by atoms with Gasteiger partial charge in [-0.1, -0.05) is 123 Å². The fourth-order valence-corrected chi connectivity index (χ4v) is 6.72. The van der Waals surface area contributed by atoms with Crippen molar-refractivity contribution in [2.24, 2.45) is 0 Å². The molecule has 0 atom stereocenters. The molecule has 0 aliphatic rings. The van der Waals surface area contributed by atoms with E-state index >= 15 is 0 Å². The third-order valence-corrected chi connectivity index (χ3v) is 9.80. The Morgan fingerprint density at radius 3 is 2.38 bits per heavy atom. The average molecular weight is 815 g/mol. The molecule has 7 aromatic rings. The van der Waals surface area contributed by atoms with Crippen LogP contribution in [0.3, 0.4) is 0 Å². The van der Waals surface area contributed by atoms with E-state index < -0.39 is 27.2 Å². The minimum atomic E-state index is -2.18. The fraction of sp³-hybridized carbons (Fsp3) is 0.190. The van der Waals surface area contributed by atoms with Crippen molar-refractivity contribution in [3.8, 4) is 22.5 Å². The van der Waals surface area contributed by atoms with Crippen LogP contribution >= 0.6 is 0 Å². The Labute approximate surface area is 301 Å². The maximum absolute atomic E-state index is 8.88. The summed E-state index contributed by atoms with van der Waals surface area (Å²) in [6.45, 7) is 8.08. The molecule has 239 valence electrons. The summed E-state index contributed by atoms with van der Waals surface area (Å²) in [6.07, 6.45) is 1.85. The number of pyridine rings is 2. The van der Waals surface area contributed by atoms with Gasteiger partial charge in [-0.2, -0.15) is 0 Å². The normalized spacial score (nSPS) is 14.0. The second-order valence-electron chi connectivity index (χ2n) is 12.5. The molecule has 5 heteroatoms. The van der Waals surface area contributed by atoms with Gasteiger partial charge in [0, 0.05) is 46.1 Å². The molecule has 7 rings (SSSR count). The standard InChI is InChI=1S/C22H24NSi.C20H16NO.Ir/c1-17-10-12-19(13-11-17)21-15-20(14-18-8-6-5-7-9-18)22(16-23-21)24(2,3)4;1-13(2)14-10-11-21-18(12-14)17-8-5-7-16-15-6-3-4-9-19(15)22-20(16)17;/h5-12,15-16H,14H2,1-4H3;3-7,9-13H,1-2H3;/q2*-1;/i1D3,14D2;13D;. The first-order chi connectivity index (χ1) is 24.4. The van der Waals surface area contributed by atoms with Crippen LogP contribution in [0.15, 0.2) is 120 Å². The first kappa shape index (κ1) is 26.9. The van der Waals surface area contributed by atoms with Crippen LogP contribution in [-0.2, 0) is 26.5 Å². The Kier molecular flexibility index (Phi) is 8.42. The van der Waals surface area contributed by atoms with Gasteiger partial charge in [0.05, 0.1) is 13.7 Å². The first-order valence-corrected chi connectivity index (χ1v) is 18.8. The van der Waals surface area contributed by atoms with E-state index in [2.05, 4.69) is 47.8 Å². The van der Waals surface area contributed by atoms with Crippen molar-refractivity contribution in [2.75, 3.05) is 0 Å². The quantitative estimate of drug-likeness (QED) is 0.124. The Bertz CT molecular complexity index is 2350. The summed E-state index contributed by atoms with van der Waals surface area (Å²) >= 11 is 0. The van der Waals surface area contributed by atoms with Crippen molar-refractivity contribution in [3.63, 3.8) is 0 Å². The van der Waals surface area contributed by atoms with Crippen LogP contribution in [0.2, 0.25) is 19.6 Å². The van der Waals surface area contributed by atoms with Crippen molar-refractivity contribution in [3.05, 3.63) is 150 Å². The molecule has 0 fully saturated rings. The van der Waals surface area contributed by atoms with E-state index in [0.717, 1.165) is 43.9 Å². The van der Waals surface area contributed by atoms with E-state index in [0.29, 0.717) is 22.4 Å². The molecule has 47 heavy (non-hydrogen) atoms. The average Bonchev–Trinajstić information content (AvgIpc) is 3.50. The van der Waals surface area contributed by atoms with Gasteiger partial charge < -0.3 is 14.4 Å². The van der Waals surface area contributed by atoms with Gasteiger partial charge in [0.1, 0.15) is 5.58 Å². The molecule has 3 heterocycles. The summed E-state index contributed by atoms with van der Waals surface area (Å²) in [7, 11) is -1.87. The fourth-order valence-electron chi connectivity index (χ4n) is 5.32. The Hall–Kier alpha value is -4.15. The third-order valence-electron chi connectivity index (χ3n) is 7.79. The summed E-state index contributed by atoms with van der Waals surface area (Å²) in [5, 5.41) is 3.12. The molecular weight excluding hydrogens is 769 g/mol. The van der Waals surface area contributed by atoms with E-state index in [9.17, 15) is 0 Å². The molecule has 0 amide bonds. The number of furan rings is 1. The van der Waals surface area contributed by atoms with E-state index in [1.807, 2.05) is 74.5 Å². The molecule has 3 nitrogen and oxygen atoms in total. The van der Waals surface area contributed by atoms with Gasteiger partial charge in [-0.25, -0.2) is 0 Å². The summed E-state index contributed by atoms with van der Waals surface area (Å²) < 4.78 is 54.6. The van der Waals surface area contributed by atoms with Gasteiger partial charge in [-0.15, -0.1) is 53.6 Å². The van der Waals surface area contributed by atoms with E-state index in [-0.39, 0.29) is 25.7 Å². The number of hydrogen-bond donors (Lipinski definition) is 0. The van der Waals surface area contributed by atoms with E-state index in [1.165, 1.54) is 6.07 Å². The molecule has 0 aliphatic carbocycles. The molecule has 1 radical (unpaired) electrons. The zero-order chi connectivity index (χ0) is 37.5. The van der Waals surface area contributed by atoms with Crippen LogP contribution in [0.25, 0.3) is 44.5 Å². The molecule has 0 bridgehead atoms. The number of aryl methyl sites for hydroxylation is 1. The maximum Gasteiger partial charge on any atom is 0.120 e. The number of para-hydroxylation sites is 1. The smallest absolute Gasteiger partial charge is 0.120 e. The molecule has 0 spiro atoms. The molecular formula is C42H40IrN2OSi-2. The topological polar surface area (TPSA) is 38.9 Å². The number of benzene rings is 4. The SMILES string of the molecule is [2H]C(C)(C)c1ccnc(-c2[c-]ccc3c2oc2ccccc23)c1.[2H]C([2H])([2H])c1c[c-]c(-c2cc(C([2H])([2H])c3ccccc3)c([Si](C)(C)C)cn2)cc1.[Ir]. The number of rotatable bonds is 6. The van der Waals surface area contributed by atoms with Crippen LogP contribution in [0, 0.1) is 19.0 Å². The second kappa shape index (κ2) is 14.7. The minimum absolute atomic E-state index is 0. The van der Waals surface area contributed by atoms with Crippen molar-refractivity contribution in [2.45, 2.75) is 52.6 Å². The molecule has 3 aromatic heterocycles.